The predicted octanol–water partition coefficient (Wildman–Crippen LogP) is 8.58. The number of allylic oxidation sites excluding steroid dienone is 2. The van der Waals surface area contributed by atoms with Gasteiger partial charge in [-0.1, -0.05) is 74.2 Å². The molecule has 2 aromatic heterocycles. The molecule has 0 saturated heterocycles. The van der Waals surface area contributed by atoms with Crippen molar-refractivity contribution in [2.45, 2.75) is 31.6 Å². The molecule has 1 unspecified atom stereocenters. The third-order valence-electron chi connectivity index (χ3n) is 8.84. The van der Waals surface area contributed by atoms with Crippen LogP contribution in [0.4, 0.5) is 4.39 Å². The lowest BCUT2D eigenvalue weighted by Crippen LogP contribution is -2.17. The first-order valence-electron chi connectivity index (χ1n) is 13.8. The largest absolute Gasteiger partial charge is 0.294 e. The first-order valence-corrected chi connectivity index (χ1v) is 13.8. The van der Waals surface area contributed by atoms with Gasteiger partial charge in [-0.25, -0.2) is 9.37 Å². The van der Waals surface area contributed by atoms with Gasteiger partial charge in [-0.15, -0.1) is 0 Å². The fraction of sp³-hybridized carbons (Fsp3) is 0.135. The molecule has 0 bridgehead atoms. The molecule has 4 aromatic carbocycles. The topological polar surface area (TPSA) is 41.6 Å². The number of halogens is 1. The molecular weight excluding hydrogens is 505 g/mol. The van der Waals surface area contributed by atoms with Crippen LogP contribution in [0.5, 0.6) is 0 Å². The van der Waals surface area contributed by atoms with E-state index >= 15 is 0 Å². The van der Waals surface area contributed by atoms with E-state index in [1.165, 1.54) is 40.0 Å². The van der Waals surface area contributed by atoms with Crippen LogP contribution in [0.25, 0.3) is 44.1 Å². The highest BCUT2D eigenvalue weighted by Crippen LogP contribution is 2.50. The van der Waals surface area contributed by atoms with Crippen molar-refractivity contribution in [1.82, 2.24) is 9.55 Å². The van der Waals surface area contributed by atoms with Crippen LogP contribution in [0.15, 0.2) is 96.6 Å². The third-order valence-corrected chi connectivity index (χ3v) is 8.84. The highest BCUT2D eigenvalue weighted by molar-refractivity contribution is 6.09. The Balaban J connectivity index is 1.29. The van der Waals surface area contributed by atoms with Gasteiger partial charge in [0.2, 0.25) is 0 Å². The van der Waals surface area contributed by atoms with E-state index in [0.717, 1.165) is 28.2 Å². The number of pyridine rings is 1. The third kappa shape index (κ3) is 3.35. The Morgan fingerprint density at radius 1 is 0.902 bits per heavy atom. The van der Waals surface area contributed by atoms with Crippen LogP contribution in [-0.4, -0.2) is 9.55 Å². The van der Waals surface area contributed by atoms with E-state index in [1.54, 1.807) is 12.1 Å². The zero-order chi connectivity index (χ0) is 27.9. The number of para-hydroxylation sites is 1. The standard InChI is InChI=1S/C37H24FN3/c1-37(2)31-9-5-3-7-27(31)29-17-22(11-15-32(29)37)23-12-16-35-30(18-23)28-8-4-6-10-34(28)41(35)36-19-24(21-39)26-14-13-25(38)20-33(26)40-36/h3-10,12-14,16,18-20,22H,17H2,1-2H3. The maximum absolute atomic E-state index is 14.1. The summed E-state index contributed by atoms with van der Waals surface area (Å²) in [4.78, 5) is 4.81. The van der Waals surface area contributed by atoms with Gasteiger partial charge in [-0.3, -0.25) is 4.57 Å². The van der Waals surface area contributed by atoms with Crippen molar-refractivity contribution >= 4 is 38.3 Å². The number of fused-ring (bicyclic) bond motifs is 6. The number of rotatable bonds is 2. The molecule has 0 saturated carbocycles. The van der Waals surface area contributed by atoms with Gasteiger partial charge in [-0.2, -0.15) is 5.26 Å². The summed E-state index contributed by atoms with van der Waals surface area (Å²) in [7, 11) is 0. The monoisotopic (exact) mass is 529 g/mol. The van der Waals surface area contributed by atoms with Crippen LogP contribution in [0, 0.1) is 29.0 Å². The molecule has 0 fully saturated rings. The normalized spacial score (nSPS) is 16.9. The number of nitrogens with zero attached hydrogens (tertiary/aromatic N) is 3. The highest BCUT2D eigenvalue weighted by Gasteiger charge is 2.38. The zero-order valence-corrected chi connectivity index (χ0v) is 22.7. The Bertz CT molecular complexity index is 2250. The number of aromatic nitrogens is 2. The Morgan fingerprint density at radius 2 is 1.71 bits per heavy atom. The molecule has 2 aliphatic rings. The summed E-state index contributed by atoms with van der Waals surface area (Å²) in [5.74, 6) is 7.47. The molecule has 2 heterocycles. The van der Waals surface area contributed by atoms with Crippen molar-refractivity contribution in [2.75, 3.05) is 0 Å². The molecule has 3 nitrogen and oxygen atoms in total. The summed E-state index contributed by atoms with van der Waals surface area (Å²) < 4.78 is 16.2. The molecule has 2 aliphatic carbocycles. The summed E-state index contributed by atoms with van der Waals surface area (Å²) in [6, 6.07) is 31.9. The Hall–Kier alpha value is -5.19. The van der Waals surface area contributed by atoms with Crippen LogP contribution in [-0.2, 0) is 5.41 Å². The summed E-state index contributed by atoms with van der Waals surface area (Å²) in [5, 5.41) is 12.7. The minimum absolute atomic E-state index is 0.0701. The van der Waals surface area contributed by atoms with Gasteiger partial charge in [0.05, 0.1) is 28.2 Å². The molecule has 41 heavy (non-hydrogen) atoms. The molecule has 194 valence electrons. The highest BCUT2D eigenvalue weighted by atomic mass is 19.1. The molecule has 0 amide bonds. The molecule has 6 aromatic rings. The van der Waals surface area contributed by atoms with Gasteiger partial charge in [0.25, 0.3) is 0 Å². The fourth-order valence-corrected chi connectivity index (χ4v) is 6.85. The number of nitriles is 1. The first kappa shape index (κ1) is 23.7. The van der Waals surface area contributed by atoms with Gasteiger partial charge >= 0.3 is 0 Å². The summed E-state index contributed by atoms with van der Waals surface area (Å²) in [5.41, 5.74) is 9.32. The van der Waals surface area contributed by atoms with Crippen LogP contribution >= 0.6 is 0 Å². The van der Waals surface area contributed by atoms with Gasteiger partial charge in [-0.05, 0) is 65.1 Å². The van der Waals surface area contributed by atoms with Crippen molar-refractivity contribution in [1.29, 1.82) is 5.26 Å². The van der Waals surface area contributed by atoms with E-state index in [9.17, 15) is 9.65 Å². The summed E-state index contributed by atoms with van der Waals surface area (Å²) >= 11 is 0. The van der Waals surface area contributed by atoms with Crippen LogP contribution in [0.3, 0.4) is 0 Å². The average Bonchev–Trinajstić information content (AvgIpc) is 3.45. The molecule has 0 aliphatic heterocycles. The zero-order valence-electron chi connectivity index (χ0n) is 22.7. The van der Waals surface area contributed by atoms with Crippen molar-refractivity contribution in [2.24, 2.45) is 0 Å². The molecular formula is C37H24FN3. The Kier molecular flexibility index (Phi) is 4.85. The van der Waals surface area contributed by atoms with Crippen molar-refractivity contribution in [3.05, 3.63) is 125 Å². The van der Waals surface area contributed by atoms with Crippen LogP contribution in [0.2, 0.25) is 0 Å². The SMILES string of the molecule is CC1(C)C2=C(CC(c3ccc4c(c3)c3ccccc3n4-c3cc(C#N)c4ccc(F)cc4n3)C#C2)c2ccccc21. The molecule has 0 spiro atoms. The quantitative estimate of drug-likeness (QED) is 0.211. The lowest BCUT2D eigenvalue weighted by atomic mass is 9.79. The number of benzene rings is 4. The fourth-order valence-electron chi connectivity index (χ4n) is 6.85. The van der Waals surface area contributed by atoms with Gasteiger partial charge in [0.1, 0.15) is 11.6 Å². The molecule has 0 radical (unpaired) electrons. The van der Waals surface area contributed by atoms with E-state index < -0.39 is 0 Å². The summed E-state index contributed by atoms with van der Waals surface area (Å²) in [6.45, 7) is 4.55. The minimum Gasteiger partial charge on any atom is -0.294 e. The lowest BCUT2D eigenvalue weighted by molar-refractivity contribution is 0.629. The maximum Gasteiger partial charge on any atom is 0.139 e. The van der Waals surface area contributed by atoms with Crippen molar-refractivity contribution < 1.29 is 4.39 Å². The van der Waals surface area contributed by atoms with E-state index in [2.05, 4.69) is 90.9 Å². The van der Waals surface area contributed by atoms with Crippen LogP contribution < -0.4 is 0 Å². The van der Waals surface area contributed by atoms with E-state index in [-0.39, 0.29) is 17.2 Å². The predicted molar refractivity (Wildman–Crippen MR) is 162 cm³/mol. The first-order chi connectivity index (χ1) is 19.9. The molecule has 8 rings (SSSR count). The Morgan fingerprint density at radius 3 is 2.59 bits per heavy atom. The van der Waals surface area contributed by atoms with Crippen molar-refractivity contribution in [3.8, 4) is 23.7 Å². The summed E-state index contributed by atoms with van der Waals surface area (Å²) in [6.07, 6.45) is 0.885. The van der Waals surface area contributed by atoms with E-state index in [0.29, 0.717) is 22.3 Å². The van der Waals surface area contributed by atoms with Crippen molar-refractivity contribution in [3.63, 3.8) is 0 Å². The number of hydrogen-bond acceptors (Lipinski definition) is 2. The van der Waals surface area contributed by atoms with Gasteiger partial charge in [0, 0.05) is 39.1 Å². The second-order valence-corrected chi connectivity index (χ2v) is 11.5. The maximum atomic E-state index is 14.1. The minimum atomic E-state index is -0.377. The molecule has 0 N–H and O–H groups in total. The van der Waals surface area contributed by atoms with Gasteiger partial charge in [0.15, 0.2) is 0 Å². The van der Waals surface area contributed by atoms with Gasteiger partial charge < -0.3 is 0 Å². The second kappa shape index (κ2) is 8.40. The average molecular weight is 530 g/mol. The van der Waals surface area contributed by atoms with E-state index in [4.69, 9.17) is 4.98 Å². The van der Waals surface area contributed by atoms with Crippen LogP contribution in [0.1, 0.15) is 48.4 Å². The molecule has 4 heteroatoms. The Labute approximate surface area is 237 Å². The number of hydrogen-bond donors (Lipinski definition) is 0. The van der Waals surface area contributed by atoms with E-state index in [1.807, 2.05) is 12.1 Å². The molecule has 1 atom stereocenters. The lowest BCUT2D eigenvalue weighted by Gasteiger charge is -2.23. The second-order valence-electron chi connectivity index (χ2n) is 11.5. The smallest absolute Gasteiger partial charge is 0.139 e.